The van der Waals surface area contributed by atoms with Gasteiger partial charge in [-0.05, 0) is 30.9 Å². The van der Waals surface area contributed by atoms with Crippen LogP contribution in [0.4, 0.5) is 0 Å². The van der Waals surface area contributed by atoms with Crippen LogP contribution in [0, 0.1) is 5.92 Å². The number of allylic oxidation sites excluding steroid dienone is 1. The lowest BCUT2D eigenvalue weighted by Crippen LogP contribution is -2.33. The largest absolute Gasteiger partial charge is 0.493 e. The Morgan fingerprint density at radius 2 is 1.83 bits per heavy atom. The van der Waals surface area contributed by atoms with E-state index in [0.29, 0.717) is 47.5 Å². The Morgan fingerprint density at radius 1 is 1.17 bits per heavy atom. The van der Waals surface area contributed by atoms with Crippen molar-refractivity contribution in [2.45, 2.75) is 38.8 Å². The number of aliphatic hydroxyl groups is 1. The molecule has 0 saturated carbocycles. The smallest absolute Gasteiger partial charge is 0.244 e. The van der Waals surface area contributed by atoms with Crippen molar-refractivity contribution in [3.8, 4) is 28.6 Å². The van der Waals surface area contributed by atoms with Crippen LogP contribution in [-0.4, -0.2) is 49.2 Å². The molecule has 1 aromatic carbocycles. The highest BCUT2D eigenvalue weighted by Crippen LogP contribution is 2.40. The van der Waals surface area contributed by atoms with Crippen LogP contribution in [0.3, 0.4) is 0 Å². The molecule has 2 atom stereocenters. The van der Waals surface area contributed by atoms with Gasteiger partial charge in [0.05, 0.1) is 33.5 Å². The van der Waals surface area contributed by atoms with E-state index in [4.69, 9.17) is 18.7 Å². The van der Waals surface area contributed by atoms with Gasteiger partial charge in [-0.2, -0.15) is 4.98 Å². The zero-order valence-corrected chi connectivity index (χ0v) is 17.8. The van der Waals surface area contributed by atoms with E-state index in [1.165, 1.54) is 0 Å². The molecular formula is C21H31N3O5. The normalized spacial score (nSPS) is 13.2. The van der Waals surface area contributed by atoms with Crippen LogP contribution in [-0.2, 0) is 0 Å². The topological polar surface area (TPSA) is 98.9 Å². The summed E-state index contributed by atoms with van der Waals surface area (Å²) in [5, 5.41) is 17.5. The van der Waals surface area contributed by atoms with Crippen LogP contribution in [0.1, 0.15) is 38.6 Å². The van der Waals surface area contributed by atoms with Gasteiger partial charge in [-0.1, -0.05) is 25.1 Å². The molecule has 0 amide bonds. The minimum Gasteiger partial charge on any atom is -0.493 e. The first-order chi connectivity index (χ1) is 13.9. The third-order valence-electron chi connectivity index (χ3n) is 4.57. The maximum Gasteiger partial charge on any atom is 0.244 e. The number of benzene rings is 1. The Bertz CT molecular complexity index is 765. The van der Waals surface area contributed by atoms with Crippen LogP contribution < -0.4 is 19.5 Å². The Labute approximate surface area is 171 Å². The summed E-state index contributed by atoms with van der Waals surface area (Å²) in [6, 6.07) is 3.36. The maximum atomic E-state index is 10.1. The molecule has 1 heterocycles. The van der Waals surface area contributed by atoms with Crippen molar-refractivity contribution in [1.82, 2.24) is 15.5 Å². The van der Waals surface area contributed by atoms with Crippen molar-refractivity contribution in [2.75, 3.05) is 27.9 Å². The Hall–Kier alpha value is -2.58. The molecule has 8 nitrogen and oxygen atoms in total. The second-order valence-corrected chi connectivity index (χ2v) is 7.02. The molecule has 0 radical (unpaired) electrons. The summed E-state index contributed by atoms with van der Waals surface area (Å²) in [5.74, 6) is 2.58. The fourth-order valence-electron chi connectivity index (χ4n) is 2.97. The number of hydrogen-bond donors (Lipinski definition) is 2. The van der Waals surface area contributed by atoms with Crippen LogP contribution >= 0.6 is 0 Å². The zero-order chi connectivity index (χ0) is 21.4. The third kappa shape index (κ3) is 5.71. The molecule has 0 saturated heterocycles. The van der Waals surface area contributed by atoms with Crippen LogP contribution in [0.15, 0.2) is 29.3 Å². The fraction of sp³-hybridized carbons (Fsp3) is 0.524. The van der Waals surface area contributed by atoms with Crippen molar-refractivity contribution in [3.05, 3.63) is 30.7 Å². The lowest BCUT2D eigenvalue weighted by Gasteiger charge is -2.20. The molecule has 0 unspecified atom stereocenters. The van der Waals surface area contributed by atoms with E-state index >= 15 is 0 Å². The summed E-state index contributed by atoms with van der Waals surface area (Å²) in [4.78, 5) is 4.56. The summed E-state index contributed by atoms with van der Waals surface area (Å²) in [5.41, 5.74) is 0.683. The van der Waals surface area contributed by atoms with Crippen molar-refractivity contribution < 1.29 is 23.8 Å². The lowest BCUT2D eigenvalue weighted by molar-refractivity contribution is 0.150. The summed E-state index contributed by atoms with van der Waals surface area (Å²) >= 11 is 0. The van der Waals surface area contributed by atoms with Gasteiger partial charge in [0.25, 0.3) is 0 Å². The molecule has 2 rings (SSSR count). The Balaban J connectivity index is 2.24. The quantitative estimate of drug-likeness (QED) is 0.519. The van der Waals surface area contributed by atoms with Crippen molar-refractivity contribution >= 4 is 0 Å². The fourth-order valence-corrected chi connectivity index (χ4v) is 2.97. The number of methoxy groups -OCH3 is 3. The van der Waals surface area contributed by atoms with Crippen molar-refractivity contribution in [1.29, 1.82) is 0 Å². The number of hydrogen-bond acceptors (Lipinski definition) is 8. The molecule has 2 aromatic rings. The molecule has 0 bridgehead atoms. The Morgan fingerprint density at radius 3 is 2.34 bits per heavy atom. The minimum atomic E-state index is -0.466. The van der Waals surface area contributed by atoms with Crippen molar-refractivity contribution in [2.24, 2.45) is 5.92 Å². The second-order valence-electron chi connectivity index (χ2n) is 7.02. The van der Waals surface area contributed by atoms with E-state index in [-0.39, 0.29) is 12.0 Å². The highest BCUT2D eigenvalue weighted by Gasteiger charge is 2.24. The average Bonchev–Trinajstić information content (AvgIpc) is 3.20. The molecular weight excluding hydrogens is 374 g/mol. The molecule has 160 valence electrons. The molecule has 0 aliphatic heterocycles. The van der Waals surface area contributed by atoms with Gasteiger partial charge >= 0.3 is 0 Å². The molecule has 29 heavy (non-hydrogen) atoms. The number of aliphatic hydroxyl groups excluding tert-OH is 1. The van der Waals surface area contributed by atoms with E-state index in [1.54, 1.807) is 39.5 Å². The lowest BCUT2D eigenvalue weighted by atomic mass is 10.0. The van der Waals surface area contributed by atoms with E-state index < -0.39 is 6.10 Å². The van der Waals surface area contributed by atoms with E-state index in [9.17, 15) is 5.11 Å². The SMILES string of the molecule is C=CCC[C@@H](O)CN[C@@H](c1nc(-c2cc(OC)c(OC)c(OC)c2)no1)C(C)C. The van der Waals surface area contributed by atoms with Gasteiger partial charge < -0.3 is 29.2 Å². The van der Waals surface area contributed by atoms with Gasteiger partial charge in [-0.15, -0.1) is 6.58 Å². The van der Waals surface area contributed by atoms with Gasteiger partial charge in [0, 0.05) is 12.1 Å². The highest BCUT2D eigenvalue weighted by atomic mass is 16.5. The number of rotatable bonds is 12. The predicted molar refractivity (Wildman–Crippen MR) is 110 cm³/mol. The van der Waals surface area contributed by atoms with Crippen LogP contribution in [0.5, 0.6) is 17.2 Å². The third-order valence-corrected chi connectivity index (χ3v) is 4.57. The summed E-state index contributed by atoms with van der Waals surface area (Å²) in [6.45, 7) is 8.21. The standard InChI is InChI=1S/C21H31N3O5/c1-7-8-9-15(25)12-22-18(13(2)3)21-23-20(24-29-21)14-10-16(26-4)19(28-6)17(11-14)27-5/h7,10-11,13,15,18,22,25H,1,8-9,12H2,2-6H3/t15-,18-/m1/s1. The van der Waals surface area contributed by atoms with E-state index in [2.05, 4.69) is 35.9 Å². The van der Waals surface area contributed by atoms with E-state index in [1.807, 2.05) is 0 Å². The van der Waals surface area contributed by atoms with Gasteiger partial charge in [0.15, 0.2) is 11.5 Å². The summed E-state index contributed by atoms with van der Waals surface area (Å²) in [6.07, 6.45) is 2.75. The molecule has 0 fully saturated rings. The first kappa shape index (κ1) is 22.7. The van der Waals surface area contributed by atoms with Crippen molar-refractivity contribution in [3.63, 3.8) is 0 Å². The highest BCUT2D eigenvalue weighted by molar-refractivity contribution is 5.66. The summed E-state index contributed by atoms with van der Waals surface area (Å²) < 4.78 is 21.7. The van der Waals surface area contributed by atoms with Crippen LogP contribution in [0.25, 0.3) is 11.4 Å². The number of ether oxygens (including phenoxy) is 3. The van der Waals surface area contributed by atoms with Crippen LogP contribution in [0.2, 0.25) is 0 Å². The minimum absolute atomic E-state index is 0.184. The molecule has 0 aliphatic rings. The first-order valence-electron chi connectivity index (χ1n) is 9.61. The monoisotopic (exact) mass is 405 g/mol. The average molecular weight is 405 g/mol. The van der Waals surface area contributed by atoms with Gasteiger partial charge in [-0.25, -0.2) is 0 Å². The summed E-state index contributed by atoms with van der Waals surface area (Å²) in [7, 11) is 4.66. The number of nitrogens with one attached hydrogen (secondary N) is 1. The molecule has 0 spiro atoms. The predicted octanol–water partition coefficient (Wildman–Crippen LogP) is 3.38. The van der Waals surface area contributed by atoms with Gasteiger partial charge in [0.2, 0.25) is 17.5 Å². The Kier molecular flexibility index (Phi) is 8.48. The first-order valence-corrected chi connectivity index (χ1v) is 9.61. The van der Waals surface area contributed by atoms with Gasteiger partial charge in [0.1, 0.15) is 0 Å². The van der Waals surface area contributed by atoms with Gasteiger partial charge in [-0.3, -0.25) is 0 Å². The maximum absolute atomic E-state index is 10.1. The second kappa shape index (κ2) is 10.8. The molecule has 8 heteroatoms. The molecule has 0 aliphatic carbocycles. The molecule has 1 aromatic heterocycles. The number of aromatic nitrogens is 2. The zero-order valence-electron chi connectivity index (χ0n) is 17.8. The number of nitrogens with zero attached hydrogens (tertiary/aromatic N) is 2. The van der Waals surface area contributed by atoms with E-state index in [0.717, 1.165) is 6.42 Å². The molecule has 2 N–H and O–H groups in total.